The Labute approximate surface area is 211 Å². The van der Waals surface area contributed by atoms with Crippen LogP contribution in [0.1, 0.15) is 44.6 Å². The van der Waals surface area contributed by atoms with E-state index in [-0.39, 0.29) is 17.6 Å². The number of fused-ring (bicyclic) bond motifs is 1. The van der Waals surface area contributed by atoms with E-state index < -0.39 is 0 Å². The molecule has 5 rings (SSSR count). The molecular formula is C27H35N5O2S. The van der Waals surface area contributed by atoms with Crippen LogP contribution in [-0.2, 0) is 11.3 Å². The van der Waals surface area contributed by atoms with Gasteiger partial charge in [0.1, 0.15) is 5.65 Å². The second-order valence-electron chi connectivity index (χ2n) is 10.3. The molecule has 3 aromatic rings. The Morgan fingerprint density at radius 1 is 1.26 bits per heavy atom. The first-order valence-corrected chi connectivity index (χ1v) is 13.3. The Morgan fingerprint density at radius 2 is 2.06 bits per heavy atom. The van der Waals surface area contributed by atoms with Gasteiger partial charge in [-0.05, 0) is 57.9 Å². The molecule has 0 atom stereocenters. The number of rotatable bonds is 5. The lowest BCUT2D eigenvalue weighted by Gasteiger charge is -2.41. The Morgan fingerprint density at radius 3 is 2.80 bits per heavy atom. The van der Waals surface area contributed by atoms with Gasteiger partial charge in [0.05, 0.1) is 18.8 Å². The third-order valence-corrected chi connectivity index (χ3v) is 7.91. The number of H-pyrrole nitrogens is 1. The van der Waals surface area contributed by atoms with Gasteiger partial charge in [-0.2, -0.15) is 0 Å². The number of morpholine rings is 1. The van der Waals surface area contributed by atoms with Gasteiger partial charge >= 0.3 is 6.03 Å². The highest BCUT2D eigenvalue weighted by molar-refractivity contribution is 7.15. The zero-order valence-corrected chi connectivity index (χ0v) is 21.9. The molecule has 2 amide bonds. The molecule has 0 bridgehead atoms. The SMILES string of the molecule is CC(C)NC(=O)N1CCC(c2c[nH]c3ncc(-c4ccc(CN5CCOCC5)s4)cc23)=CC1(C)C. The van der Waals surface area contributed by atoms with E-state index in [9.17, 15) is 4.79 Å². The van der Waals surface area contributed by atoms with Gasteiger partial charge in [-0.15, -0.1) is 11.3 Å². The van der Waals surface area contributed by atoms with Crippen LogP contribution in [0.25, 0.3) is 27.0 Å². The number of aromatic nitrogens is 2. The second-order valence-corrected chi connectivity index (χ2v) is 11.5. The highest BCUT2D eigenvalue weighted by Gasteiger charge is 2.33. The highest BCUT2D eigenvalue weighted by atomic mass is 32.1. The molecule has 0 spiro atoms. The zero-order chi connectivity index (χ0) is 24.6. The van der Waals surface area contributed by atoms with Gasteiger partial charge < -0.3 is 19.9 Å². The fourth-order valence-corrected chi connectivity index (χ4v) is 6.03. The number of urea groups is 1. The number of hydrogen-bond donors (Lipinski definition) is 2. The highest BCUT2D eigenvalue weighted by Crippen LogP contribution is 2.36. The van der Waals surface area contributed by atoms with Crippen molar-refractivity contribution in [2.45, 2.75) is 52.2 Å². The van der Waals surface area contributed by atoms with Crippen molar-refractivity contribution in [1.82, 2.24) is 25.1 Å². The summed E-state index contributed by atoms with van der Waals surface area (Å²) in [5.41, 5.74) is 4.10. The lowest BCUT2D eigenvalue weighted by molar-refractivity contribution is 0.0346. The minimum Gasteiger partial charge on any atom is -0.379 e. The Bertz CT molecular complexity index is 1240. The average molecular weight is 494 g/mol. The molecule has 1 fully saturated rings. The predicted molar refractivity (Wildman–Crippen MR) is 143 cm³/mol. The van der Waals surface area contributed by atoms with E-state index in [1.807, 2.05) is 36.3 Å². The molecule has 2 aliphatic heterocycles. The molecule has 0 unspecified atom stereocenters. The number of aromatic amines is 1. The first-order valence-electron chi connectivity index (χ1n) is 12.5. The lowest BCUT2D eigenvalue weighted by Crippen LogP contribution is -2.54. The predicted octanol–water partition coefficient (Wildman–Crippen LogP) is 5.11. The topological polar surface area (TPSA) is 73.5 Å². The Kier molecular flexibility index (Phi) is 6.70. The average Bonchev–Trinajstić information content (AvgIpc) is 3.45. The molecule has 5 heterocycles. The van der Waals surface area contributed by atoms with Crippen LogP contribution in [0.3, 0.4) is 0 Å². The van der Waals surface area contributed by atoms with Crippen molar-refractivity contribution in [3.8, 4) is 10.4 Å². The summed E-state index contributed by atoms with van der Waals surface area (Å²) < 4.78 is 5.48. The van der Waals surface area contributed by atoms with Gasteiger partial charge in [0.15, 0.2) is 0 Å². The quantitative estimate of drug-likeness (QED) is 0.518. The maximum absolute atomic E-state index is 12.7. The minimum absolute atomic E-state index is 0.00578. The van der Waals surface area contributed by atoms with E-state index in [1.54, 1.807) is 0 Å². The van der Waals surface area contributed by atoms with Gasteiger partial charge in [0.2, 0.25) is 0 Å². The van der Waals surface area contributed by atoms with Crippen molar-refractivity contribution in [3.05, 3.63) is 47.1 Å². The number of nitrogens with one attached hydrogen (secondary N) is 2. The van der Waals surface area contributed by atoms with E-state index in [2.05, 4.69) is 59.5 Å². The number of nitrogens with zero attached hydrogens (tertiary/aromatic N) is 3. The number of carbonyl (C=O) groups excluding carboxylic acids is 1. The molecule has 3 aromatic heterocycles. The number of hydrogen-bond acceptors (Lipinski definition) is 5. The molecule has 0 radical (unpaired) electrons. The van der Waals surface area contributed by atoms with Crippen molar-refractivity contribution in [2.24, 2.45) is 0 Å². The van der Waals surface area contributed by atoms with Crippen LogP contribution in [-0.4, -0.2) is 70.2 Å². The lowest BCUT2D eigenvalue weighted by atomic mass is 9.89. The zero-order valence-electron chi connectivity index (χ0n) is 21.1. The Hall–Kier alpha value is -2.68. The maximum Gasteiger partial charge on any atom is 0.318 e. The normalized spacial score (nSPS) is 18.8. The third kappa shape index (κ3) is 5.15. The summed E-state index contributed by atoms with van der Waals surface area (Å²) in [5, 5.41) is 4.17. The van der Waals surface area contributed by atoms with Gasteiger partial charge in [-0.1, -0.05) is 6.08 Å². The molecule has 0 aliphatic carbocycles. The van der Waals surface area contributed by atoms with Crippen LogP contribution in [0.15, 0.2) is 36.7 Å². The van der Waals surface area contributed by atoms with Crippen LogP contribution in [0, 0.1) is 0 Å². The maximum atomic E-state index is 12.7. The van der Waals surface area contributed by atoms with E-state index in [0.717, 1.165) is 55.9 Å². The number of amides is 2. The molecule has 186 valence electrons. The van der Waals surface area contributed by atoms with Gasteiger partial charge in [-0.3, -0.25) is 4.90 Å². The van der Waals surface area contributed by atoms with Crippen LogP contribution in [0.2, 0.25) is 0 Å². The summed E-state index contributed by atoms with van der Waals surface area (Å²) in [6, 6.07) is 6.82. The number of thiophene rings is 1. The number of ether oxygens (including phenoxy) is 1. The van der Waals surface area contributed by atoms with E-state index in [4.69, 9.17) is 9.72 Å². The largest absolute Gasteiger partial charge is 0.379 e. The minimum atomic E-state index is -0.372. The molecule has 7 nitrogen and oxygen atoms in total. The van der Waals surface area contributed by atoms with Crippen LogP contribution < -0.4 is 5.32 Å². The smallest absolute Gasteiger partial charge is 0.318 e. The standard InChI is InChI=1S/C27H35N5O2S/c1-18(2)30-26(33)32-8-7-19(14-27(32,3)4)23-16-29-25-22(23)13-20(15-28-25)24-6-5-21(35-24)17-31-9-11-34-12-10-31/h5-6,13-16,18H,7-12,17H2,1-4H3,(H,28,29)(H,30,33). The van der Waals surface area contributed by atoms with Crippen molar-refractivity contribution >= 4 is 34.0 Å². The van der Waals surface area contributed by atoms with Crippen molar-refractivity contribution in [2.75, 3.05) is 32.8 Å². The fraction of sp³-hybridized carbons (Fsp3) is 0.481. The monoisotopic (exact) mass is 493 g/mol. The summed E-state index contributed by atoms with van der Waals surface area (Å²) in [4.78, 5) is 27.8. The summed E-state index contributed by atoms with van der Waals surface area (Å²) in [7, 11) is 0. The molecule has 0 aromatic carbocycles. The molecule has 2 N–H and O–H groups in total. The van der Waals surface area contributed by atoms with Gasteiger partial charge in [0.25, 0.3) is 0 Å². The summed E-state index contributed by atoms with van der Waals surface area (Å²) in [6.07, 6.45) is 7.07. The molecule has 1 saturated heterocycles. The third-order valence-electron chi connectivity index (χ3n) is 6.79. The number of pyridine rings is 1. The molecule has 8 heteroatoms. The number of carbonyl (C=O) groups is 1. The van der Waals surface area contributed by atoms with Crippen molar-refractivity contribution in [1.29, 1.82) is 0 Å². The molecule has 0 saturated carbocycles. The fourth-order valence-electron chi connectivity index (χ4n) is 5.00. The van der Waals surface area contributed by atoms with Gasteiger partial charge in [0, 0.05) is 70.9 Å². The second kappa shape index (κ2) is 9.76. The van der Waals surface area contributed by atoms with E-state index in [0.29, 0.717) is 6.54 Å². The van der Waals surface area contributed by atoms with Crippen molar-refractivity contribution in [3.63, 3.8) is 0 Å². The summed E-state index contributed by atoms with van der Waals surface area (Å²) >= 11 is 1.84. The molecular weight excluding hydrogens is 458 g/mol. The van der Waals surface area contributed by atoms with Crippen LogP contribution in [0.5, 0.6) is 0 Å². The van der Waals surface area contributed by atoms with Gasteiger partial charge in [-0.25, -0.2) is 9.78 Å². The molecule has 2 aliphatic rings. The summed E-state index contributed by atoms with van der Waals surface area (Å²) in [5.74, 6) is 0. The summed E-state index contributed by atoms with van der Waals surface area (Å²) in [6.45, 7) is 13.5. The van der Waals surface area contributed by atoms with E-state index >= 15 is 0 Å². The van der Waals surface area contributed by atoms with Crippen LogP contribution >= 0.6 is 11.3 Å². The van der Waals surface area contributed by atoms with Crippen molar-refractivity contribution < 1.29 is 9.53 Å². The first-order chi connectivity index (χ1) is 16.8. The Balaban J connectivity index is 1.39. The van der Waals surface area contributed by atoms with Crippen LogP contribution in [0.4, 0.5) is 4.79 Å². The molecule has 35 heavy (non-hydrogen) atoms. The van der Waals surface area contributed by atoms with E-state index in [1.165, 1.54) is 20.9 Å². The first kappa shape index (κ1) is 24.0.